The van der Waals surface area contributed by atoms with Crippen molar-refractivity contribution >= 4 is 32.6 Å². The topological polar surface area (TPSA) is 0 Å². The van der Waals surface area contributed by atoms with Crippen molar-refractivity contribution in [1.82, 2.24) is 0 Å². The van der Waals surface area contributed by atoms with Crippen LogP contribution in [0.25, 0.3) is 0 Å². The molecule has 1 aromatic heterocycles. The van der Waals surface area contributed by atoms with E-state index in [2.05, 4.69) is 51.4 Å². The van der Waals surface area contributed by atoms with Gasteiger partial charge in [0.25, 0.3) is 0 Å². The molecule has 0 saturated heterocycles. The molecule has 0 N–H and O–H groups in total. The van der Waals surface area contributed by atoms with Crippen molar-refractivity contribution in [3.05, 3.63) is 17.0 Å². The molecule has 0 saturated carbocycles. The van der Waals surface area contributed by atoms with Crippen molar-refractivity contribution in [2.45, 2.75) is 176 Å². The van der Waals surface area contributed by atoms with Crippen LogP contribution < -0.4 is 2.89 Å². The van der Waals surface area contributed by atoms with Crippen molar-refractivity contribution in [1.29, 1.82) is 0 Å². The summed E-state index contributed by atoms with van der Waals surface area (Å²) in [4.78, 5) is 7.69. The van der Waals surface area contributed by atoms with Crippen molar-refractivity contribution in [2.75, 3.05) is 0 Å². The molecule has 1 atom stereocenters. The zero-order valence-corrected chi connectivity index (χ0v) is 28.6. The molecule has 0 spiro atoms. The van der Waals surface area contributed by atoms with Gasteiger partial charge < -0.3 is 0 Å². The van der Waals surface area contributed by atoms with Crippen LogP contribution in [0.4, 0.5) is 0 Å². The van der Waals surface area contributed by atoms with Gasteiger partial charge in [-0.3, -0.25) is 0 Å². The molecule has 35 heavy (non-hydrogen) atoms. The van der Waals surface area contributed by atoms with E-state index in [9.17, 15) is 0 Å². The molecule has 206 valence electrons. The Bertz CT molecular complexity index is 570. The Hall–Kier alpha value is 0.499. The van der Waals surface area contributed by atoms with Crippen molar-refractivity contribution in [3.8, 4) is 0 Å². The molecule has 0 aromatic carbocycles. The zero-order chi connectivity index (χ0) is 25.6. The van der Waals surface area contributed by atoms with Crippen LogP contribution in [0.1, 0.15) is 161 Å². The quantitative estimate of drug-likeness (QED) is 0.0762. The van der Waals surface area contributed by atoms with E-state index in [1.165, 1.54) is 148 Å². The molecule has 1 rings (SSSR count). The standard InChI is InChI=1S/C30H55S.3CH3.Sn/c1-3-5-7-9-11-13-14-15-16-18-20-22-24-29(27-30-25-26-31-28-30)23-21-19-17-12-10-8-6-4-2;;;;/h25,28-29H,3-24,27H2,1-2H3;3*1H3;. The molecule has 0 aliphatic carbocycles. The Morgan fingerprint density at radius 2 is 0.943 bits per heavy atom. The summed E-state index contributed by atoms with van der Waals surface area (Å²) in [6.45, 7) is 4.63. The fraction of sp³-hybridized carbons (Fsp3) is 0.879. The molecule has 0 amide bonds. The first kappa shape index (κ1) is 33.5. The molecule has 0 nitrogen and oxygen atoms in total. The first-order valence-corrected chi connectivity index (χ1v) is 26.9. The van der Waals surface area contributed by atoms with Gasteiger partial charge in [-0.1, -0.05) is 65.2 Å². The fourth-order valence-corrected chi connectivity index (χ4v) is 11.7. The summed E-state index contributed by atoms with van der Waals surface area (Å²) in [6, 6.07) is 2.61. The normalized spacial score (nSPS) is 12.9. The molecular formula is C33H64SSn. The van der Waals surface area contributed by atoms with Gasteiger partial charge in [-0.05, 0) is 0 Å². The molecule has 0 aliphatic heterocycles. The van der Waals surface area contributed by atoms with Crippen LogP contribution >= 0.6 is 11.3 Å². The maximum absolute atomic E-state index is 2.61. The van der Waals surface area contributed by atoms with Crippen LogP contribution in [0, 0.1) is 5.92 Å². The Kier molecular flexibility index (Phi) is 21.5. The summed E-state index contributed by atoms with van der Waals surface area (Å²) in [5, 5.41) is 2.51. The van der Waals surface area contributed by atoms with Crippen LogP contribution in [-0.4, -0.2) is 18.4 Å². The second-order valence-corrected chi connectivity index (χ2v) is 28.9. The number of hydrogen-bond donors (Lipinski definition) is 0. The van der Waals surface area contributed by atoms with E-state index in [1.807, 2.05) is 0 Å². The van der Waals surface area contributed by atoms with Gasteiger partial charge in [0.1, 0.15) is 0 Å². The summed E-state index contributed by atoms with van der Waals surface area (Å²) in [7, 11) is 0. The van der Waals surface area contributed by atoms with E-state index in [0.29, 0.717) is 0 Å². The molecule has 1 aromatic rings. The number of hydrogen-bond acceptors (Lipinski definition) is 1. The van der Waals surface area contributed by atoms with E-state index >= 15 is 0 Å². The molecule has 0 aliphatic rings. The van der Waals surface area contributed by atoms with Crippen molar-refractivity contribution in [3.63, 3.8) is 0 Å². The number of unbranched alkanes of at least 4 members (excludes halogenated alkanes) is 18. The minimum absolute atomic E-state index is 0.927. The third-order valence-corrected chi connectivity index (χ3v) is 18.4. The zero-order valence-electron chi connectivity index (χ0n) is 24.9. The first-order chi connectivity index (χ1) is 17.0. The van der Waals surface area contributed by atoms with Gasteiger partial charge in [0.2, 0.25) is 0 Å². The summed E-state index contributed by atoms with van der Waals surface area (Å²) in [5.74, 6) is 0.927. The molecular weight excluding hydrogens is 547 g/mol. The second kappa shape index (κ2) is 22.5. The van der Waals surface area contributed by atoms with Gasteiger partial charge >= 0.3 is 167 Å². The van der Waals surface area contributed by atoms with E-state index in [0.717, 1.165) is 5.92 Å². The van der Waals surface area contributed by atoms with Gasteiger partial charge in [-0.25, -0.2) is 0 Å². The Morgan fingerprint density at radius 3 is 1.29 bits per heavy atom. The maximum atomic E-state index is 2.61. The monoisotopic (exact) mass is 612 g/mol. The average molecular weight is 612 g/mol. The van der Waals surface area contributed by atoms with E-state index < -0.39 is 18.4 Å². The molecule has 2 heteroatoms. The summed E-state index contributed by atoms with van der Waals surface area (Å²) >= 11 is 0.182. The van der Waals surface area contributed by atoms with Gasteiger partial charge in [0.05, 0.1) is 0 Å². The van der Waals surface area contributed by atoms with Crippen molar-refractivity contribution in [2.24, 2.45) is 5.92 Å². The van der Waals surface area contributed by atoms with Crippen LogP contribution in [0.3, 0.4) is 0 Å². The minimum atomic E-state index is -1.90. The van der Waals surface area contributed by atoms with Crippen LogP contribution in [0.5, 0.6) is 0 Å². The molecule has 1 unspecified atom stereocenters. The van der Waals surface area contributed by atoms with Crippen LogP contribution in [0.2, 0.25) is 14.8 Å². The van der Waals surface area contributed by atoms with Gasteiger partial charge in [0, 0.05) is 0 Å². The number of thiophene rings is 1. The van der Waals surface area contributed by atoms with Crippen molar-refractivity contribution < 1.29 is 0 Å². The Balaban J connectivity index is 2.25. The van der Waals surface area contributed by atoms with Gasteiger partial charge in [-0.2, -0.15) is 0 Å². The second-order valence-electron chi connectivity index (χ2n) is 12.6. The third kappa shape index (κ3) is 19.3. The van der Waals surface area contributed by atoms with Gasteiger partial charge in [-0.15, -0.1) is 0 Å². The summed E-state index contributed by atoms with van der Waals surface area (Å²) in [5.41, 5.74) is 1.67. The number of rotatable bonds is 25. The SMILES string of the molecule is CCCCCCCCCCCCCCC(CCCCCCCCCC)Cc1cs[c]([Sn]([CH3])([CH3])[CH3])c1. The van der Waals surface area contributed by atoms with Gasteiger partial charge in [0.15, 0.2) is 0 Å². The first-order valence-electron chi connectivity index (χ1n) is 16.0. The average Bonchev–Trinajstić information content (AvgIpc) is 3.30. The van der Waals surface area contributed by atoms with E-state index in [4.69, 9.17) is 0 Å². The molecule has 1 heterocycles. The van der Waals surface area contributed by atoms with E-state index in [1.54, 1.807) is 8.46 Å². The molecule has 0 fully saturated rings. The molecule has 0 radical (unpaired) electrons. The van der Waals surface area contributed by atoms with Crippen LogP contribution in [0.15, 0.2) is 11.4 Å². The summed E-state index contributed by atoms with van der Waals surface area (Å²) < 4.78 is 1.77. The Labute approximate surface area is 230 Å². The Morgan fingerprint density at radius 1 is 0.571 bits per heavy atom. The predicted octanol–water partition coefficient (Wildman–Crippen LogP) is 12.1. The van der Waals surface area contributed by atoms with E-state index in [-0.39, 0.29) is 0 Å². The predicted molar refractivity (Wildman–Crippen MR) is 167 cm³/mol. The molecule has 0 bridgehead atoms. The fourth-order valence-electron chi connectivity index (χ4n) is 5.40. The van der Waals surface area contributed by atoms with Crippen LogP contribution in [-0.2, 0) is 6.42 Å². The third-order valence-electron chi connectivity index (χ3n) is 7.85. The summed E-state index contributed by atoms with van der Waals surface area (Å²) in [6.07, 6.45) is 33.4.